The molecule has 0 amide bonds. The van der Waals surface area contributed by atoms with E-state index in [9.17, 15) is 4.39 Å². The molecule has 2 rings (SSSR count). The summed E-state index contributed by atoms with van der Waals surface area (Å²) in [5.41, 5.74) is 0. The lowest BCUT2D eigenvalue weighted by Crippen LogP contribution is -2.43. The van der Waals surface area contributed by atoms with Gasteiger partial charge in [0.2, 0.25) is 5.95 Å². The number of anilines is 1. The molecule has 1 unspecified atom stereocenters. The van der Waals surface area contributed by atoms with E-state index in [0.717, 1.165) is 19.7 Å². The molecule has 6 heteroatoms. The topological polar surface area (TPSA) is 50.3 Å². The Morgan fingerprint density at radius 1 is 1.62 bits per heavy atom. The van der Waals surface area contributed by atoms with Crippen LogP contribution in [0.1, 0.15) is 0 Å². The summed E-state index contributed by atoms with van der Waals surface area (Å²) in [4.78, 5) is 9.51. The van der Waals surface area contributed by atoms with Crippen LogP contribution in [0.4, 0.5) is 10.2 Å². The minimum Gasteiger partial charge on any atom is -0.374 e. The molecule has 5 nitrogen and oxygen atoms in total. The Bertz CT molecular complexity index is 349. The van der Waals surface area contributed by atoms with Crippen LogP contribution in [0.3, 0.4) is 0 Å². The van der Waals surface area contributed by atoms with Crippen LogP contribution in [0.2, 0.25) is 0 Å². The van der Waals surface area contributed by atoms with Gasteiger partial charge in [0.25, 0.3) is 0 Å². The number of morpholine rings is 1. The van der Waals surface area contributed by atoms with Gasteiger partial charge >= 0.3 is 0 Å². The maximum Gasteiger partial charge on any atom is 0.217 e. The molecule has 1 aliphatic rings. The fourth-order valence-corrected chi connectivity index (χ4v) is 1.64. The summed E-state index contributed by atoms with van der Waals surface area (Å²) in [6.07, 6.45) is 1.32. The molecule has 1 aromatic rings. The fourth-order valence-electron chi connectivity index (χ4n) is 1.64. The third kappa shape index (κ3) is 3.11. The average Bonchev–Trinajstić information content (AvgIpc) is 2.27. The van der Waals surface area contributed by atoms with Gasteiger partial charge in [0.15, 0.2) is 0 Å². The van der Waals surface area contributed by atoms with Crippen LogP contribution in [-0.4, -0.2) is 54.3 Å². The molecule has 0 radical (unpaired) electrons. The fraction of sp³-hybridized carbons (Fsp3) is 0.600. The van der Waals surface area contributed by atoms with Crippen LogP contribution in [0.25, 0.3) is 0 Å². The van der Waals surface area contributed by atoms with E-state index in [2.05, 4.69) is 27.2 Å². The van der Waals surface area contributed by atoms with Crippen molar-refractivity contribution < 1.29 is 9.13 Å². The van der Waals surface area contributed by atoms with Crippen molar-refractivity contribution in [3.05, 3.63) is 18.3 Å². The minimum absolute atomic E-state index is 0.122. The van der Waals surface area contributed by atoms with Crippen molar-refractivity contribution in [1.82, 2.24) is 14.9 Å². The van der Waals surface area contributed by atoms with Crippen LogP contribution < -0.4 is 5.32 Å². The quantitative estimate of drug-likeness (QED) is 0.754. The van der Waals surface area contributed by atoms with Gasteiger partial charge in [-0.05, 0) is 7.05 Å². The normalized spacial score (nSPS) is 22.0. The molecule has 1 aromatic heterocycles. The van der Waals surface area contributed by atoms with Crippen molar-refractivity contribution in [3.8, 4) is 0 Å². The highest BCUT2D eigenvalue weighted by Crippen LogP contribution is 2.06. The second kappa shape index (κ2) is 5.18. The molecule has 1 aliphatic heterocycles. The molecule has 0 spiro atoms. The second-order valence-corrected chi connectivity index (χ2v) is 3.86. The Morgan fingerprint density at radius 3 is 3.25 bits per heavy atom. The summed E-state index contributed by atoms with van der Waals surface area (Å²) < 4.78 is 18.3. The van der Waals surface area contributed by atoms with Crippen LogP contribution >= 0.6 is 0 Å². The van der Waals surface area contributed by atoms with E-state index in [0.29, 0.717) is 12.4 Å². The first kappa shape index (κ1) is 11.2. The number of halogens is 1. The van der Waals surface area contributed by atoms with Gasteiger partial charge < -0.3 is 15.0 Å². The molecular weight excluding hydrogens is 211 g/mol. The Hall–Kier alpha value is -1.27. The lowest BCUT2D eigenvalue weighted by atomic mass is 10.3. The van der Waals surface area contributed by atoms with Gasteiger partial charge in [-0.2, -0.15) is 4.39 Å². The largest absolute Gasteiger partial charge is 0.374 e. The molecule has 0 aromatic carbocycles. The molecule has 2 heterocycles. The third-order valence-corrected chi connectivity index (χ3v) is 2.49. The van der Waals surface area contributed by atoms with Gasteiger partial charge in [-0.15, -0.1) is 0 Å². The number of hydrogen-bond donors (Lipinski definition) is 1. The molecule has 0 bridgehead atoms. The van der Waals surface area contributed by atoms with Gasteiger partial charge in [0.1, 0.15) is 12.1 Å². The zero-order valence-electron chi connectivity index (χ0n) is 9.19. The lowest BCUT2D eigenvalue weighted by Gasteiger charge is -2.30. The predicted molar refractivity (Wildman–Crippen MR) is 57.7 cm³/mol. The summed E-state index contributed by atoms with van der Waals surface area (Å²) in [6.45, 7) is 3.20. The Morgan fingerprint density at radius 2 is 2.50 bits per heavy atom. The van der Waals surface area contributed by atoms with E-state index in [4.69, 9.17) is 4.74 Å². The van der Waals surface area contributed by atoms with Crippen molar-refractivity contribution in [3.63, 3.8) is 0 Å². The van der Waals surface area contributed by atoms with Gasteiger partial charge in [-0.3, -0.25) is 0 Å². The van der Waals surface area contributed by atoms with Crippen LogP contribution in [-0.2, 0) is 4.74 Å². The van der Waals surface area contributed by atoms with Crippen molar-refractivity contribution in [2.45, 2.75) is 6.10 Å². The molecule has 16 heavy (non-hydrogen) atoms. The lowest BCUT2D eigenvalue weighted by molar-refractivity contribution is -0.0117. The zero-order valence-corrected chi connectivity index (χ0v) is 9.19. The SMILES string of the molecule is CN1CCOC(CNc2cc(F)ncn2)C1. The zero-order chi connectivity index (χ0) is 11.4. The predicted octanol–water partition coefficient (Wildman–Crippen LogP) is 0.358. The molecular formula is C10H15FN4O. The molecule has 1 fully saturated rings. The van der Waals surface area contributed by atoms with Crippen molar-refractivity contribution in [2.75, 3.05) is 38.6 Å². The number of likely N-dealkylation sites (N-methyl/N-ethyl adjacent to an activating group) is 1. The van der Waals surface area contributed by atoms with E-state index in [1.165, 1.54) is 12.4 Å². The molecule has 0 saturated carbocycles. The highest BCUT2D eigenvalue weighted by molar-refractivity contribution is 5.32. The first-order valence-electron chi connectivity index (χ1n) is 5.25. The third-order valence-electron chi connectivity index (χ3n) is 2.49. The van der Waals surface area contributed by atoms with Crippen molar-refractivity contribution >= 4 is 5.82 Å². The Kier molecular flexibility index (Phi) is 3.63. The summed E-state index contributed by atoms with van der Waals surface area (Å²) in [5, 5.41) is 3.03. The molecule has 1 saturated heterocycles. The maximum absolute atomic E-state index is 12.8. The van der Waals surface area contributed by atoms with E-state index in [1.54, 1.807) is 0 Å². The molecule has 88 valence electrons. The van der Waals surface area contributed by atoms with Gasteiger partial charge in [-0.25, -0.2) is 9.97 Å². The number of hydrogen-bond acceptors (Lipinski definition) is 5. The highest BCUT2D eigenvalue weighted by atomic mass is 19.1. The number of nitrogens with one attached hydrogen (secondary N) is 1. The first-order valence-corrected chi connectivity index (χ1v) is 5.25. The second-order valence-electron chi connectivity index (χ2n) is 3.86. The summed E-state index contributed by atoms with van der Waals surface area (Å²) >= 11 is 0. The van der Waals surface area contributed by atoms with Crippen molar-refractivity contribution in [1.29, 1.82) is 0 Å². The minimum atomic E-state index is -0.529. The number of aromatic nitrogens is 2. The van der Waals surface area contributed by atoms with Crippen LogP contribution in [0.5, 0.6) is 0 Å². The number of nitrogens with zero attached hydrogens (tertiary/aromatic N) is 3. The Balaban J connectivity index is 1.82. The van der Waals surface area contributed by atoms with Gasteiger partial charge in [0, 0.05) is 25.7 Å². The van der Waals surface area contributed by atoms with Crippen LogP contribution in [0, 0.1) is 5.95 Å². The van der Waals surface area contributed by atoms with Gasteiger partial charge in [-0.1, -0.05) is 0 Å². The van der Waals surface area contributed by atoms with Crippen LogP contribution in [0.15, 0.2) is 12.4 Å². The smallest absolute Gasteiger partial charge is 0.217 e. The standard InChI is InChI=1S/C10H15FN4O/c1-15-2-3-16-8(6-15)5-12-10-4-9(11)13-7-14-10/h4,7-8H,2-3,5-6H2,1H3,(H,12,13,14). The van der Waals surface area contributed by atoms with E-state index < -0.39 is 5.95 Å². The summed E-state index contributed by atoms with van der Waals surface area (Å²) in [7, 11) is 2.06. The Labute approximate surface area is 93.6 Å². The first-order chi connectivity index (χ1) is 7.74. The summed E-state index contributed by atoms with van der Waals surface area (Å²) in [6, 6.07) is 1.27. The van der Waals surface area contributed by atoms with Crippen molar-refractivity contribution in [2.24, 2.45) is 0 Å². The van der Waals surface area contributed by atoms with E-state index in [1.807, 2.05) is 0 Å². The van der Waals surface area contributed by atoms with Gasteiger partial charge in [0.05, 0.1) is 12.7 Å². The van der Waals surface area contributed by atoms with E-state index >= 15 is 0 Å². The average molecular weight is 226 g/mol. The molecule has 1 atom stereocenters. The molecule has 0 aliphatic carbocycles. The number of rotatable bonds is 3. The molecule has 1 N–H and O–H groups in total. The maximum atomic E-state index is 12.8. The summed E-state index contributed by atoms with van der Waals surface area (Å²) in [5.74, 6) is -0.0384. The van der Waals surface area contributed by atoms with E-state index in [-0.39, 0.29) is 6.10 Å². The highest BCUT2D eigenvalue weighted by Gasteiger charge is 2.17. The monoisotopic (exact) mass is 226 g/mol. The number of ether oxygens (including phenoxy) is 1.